The lowest BCUT2D eigenvalue weighted by atomic mass is 10.1. The molecule has 1 N–H and O–H groups in total. The van der Waals surface area contributed by atoms with E-state index in [9.17, 15) is 19.2 Å². The molecule has 2 aromatic rings. The Labute approximate surface area is 172 Å². The van der Waals surface area contributed by atoms with Crippen molar-refractivity contribution >= 4 is 29.4 Å². The van der Waals surface area contributed by atoms with Crippen LogP contribution in [-0.2, 0) is 14.3 Å². The zero-order valence-electron chi connectivity index (χ0n) is 16.6. The van der Waals surface area contributed by atoms with E-state index >= 15 is 0 Å². The zero-order chi connectivity index (χ0) is 21.8. The van der Waals surface area contributed by atoms with Gasteiger partial charge in [-0.2, -0.15) is 0 Å². The number of amides is 3. The maximum atomic E-state index is 12.3. The molecular formula is C21H20N2O7. The van der Waals surface area contributed by atoms with Gasteiger partial charge in [0.15, 0.2) is 17.6 Å². The molecule has 0 aromatic heterocycles. The number of anilines is 1. The third kappa shape index (κ3) is 4.09. The molecule has 1 unspecified atom stereocenters. The lowest BCUT2D eigenvalue weighted by Gasteiger charge is -2.17. The Hall–Kier alpha value is -3.88. The number of ether oxygens (including phenoxy) is 3. The van der Waals surface area contributed by atoms with Gasteiger partial charge in [-0.3, -0.25) is 24.1 Å². The number of imide groups is 1. The summed E-state index contributed by atoms with van der Waals surface area (Å²) < 4.78 is 15.4. The highest BCUT2D eigenvalue weighted by Gasteiger charge is 2.37. The van der Waals surface area contributed by atoms with Gasteiger partial charge in [0.2, 0.25) is 0 Å². The first-order valence-electron chi connectivity index (χ1n) is 9.03. The third-order valence-corrected chi connectivity index (χ3v) is 4.49. The molecule has 3 rings (SSSR count). The highest BCUT2D eigenvalue weighted by atomic mass is 16.5. The van der Waals surface area contributed by atoms with Crippen molar-refractivity contribution in [2.45, 2.75) is 13.0 Å². The first-order chi connectivity index (χ1) is 14.3. The Bertz CT molecular complexity index is 983. The van der Waals surface area contributed by atoms with E-state index in [1.165, 1.54) is 33.3 Å². The second-order valence-corrected chi connectivity index (χ2v) is 6.43. The molecule has 1 aliphatic rings. The van der Waals surface area contributed by atoms with Crippen molar-refractivity contribution in [1.82, 2.24) is 4.90 Å². The van der Waals surface area contributed by atoms with Gasteiger partial charge in [-0.25, -0.2) is 0 Å². The lowest BCUT2D eigenvalue weighted by molar-refractivity contribution is -0.153. The van der Waals surface area contributed by atoms with Crippen molar-refractivity contribution in [1.29, 1.82) is 0 Å². The third-order valence-electron chi connectivity index (χ3n) is 4.49. The number of hydrogen-bond acceptors (Lipinski definition) is 7. The average molecular weight is 412 g/mol. The standard InChI is InChI=1S/C21H20N2O7/c1-12(19(25)22-13-8-9-16(28-2)17(10-13)29-3)30-18(24)11-23-20(26)14-6-4-5-7-15(14)21(23)27/h4-10,12H,11H2,1-3H3,(H,22,25). The van der Waals surface area contributed by atoms with Crippen LogP contribution in [0.25, 0.3) is 0 Å². The molecule has 0 spiro atoms. The average Bonchev–Trinajstić information content (AvgIpc) is 2.98. The number of carbonyl (C=O) groups is 4. The summed E-state index contributed by atoms with van der Waals surface area (Å²) in [6, 6.07) is 11.1. The molecule has 0 saturated heterocycles. The Balaban J connectivity index is 1.59. The summed E-state index contributed by atoms with van der Waals surface area (Å²) in [4.78, 5) is 50.0. The molecule has 9 nitrogen and oxygen atoms in total. The lowest BCUT2D eigenvalue weighted by Crippen LogP contribution is -2.38. The topological polar surface area (TPSA) is 111 Å². The number of esters is 1. The minimum Gasteiger partial charge on any atom is -0.493 e. The second kappa shape index (κ2) is 8.64. The minimum absolute atomic E-state index is 0.231. The first-order valence-corrected chi connectivity index (χ1v) is 9.03. The summed E-state index contributed by atoms with van der Waals surface area (Å²) in [5.74, 6) is -1.69. The van der Waals surface area contributed by atoms with Crippen LogP contribution in [0.4, 0.5) is 5.69 Å². The largest absolute Gasteiger partial charge is 0.493 e. The van der Waals surface area contributed by atoms with Gasteiger partial charge in [0.1, 0.15) is 6.54 Å². The molecule has 1 aliphatic heterocycles. The van der Waals surface area contributed by atoms with Crippen molar-refractivity contribution in [3.05, 3.63) is 53.6 Å². The monoisotopic (exact) mass is 412 g/mol. The molecule has 2 aromatic carbocycles. The van der Waals surface area contributed by atoms with E-state index < -0.39 is 36.3 Å². The molecule has 1 atom stereocenters. The molecule has 156 valence electrons. The van der Waals surface area contributed by atoms with Crippen molar-refractivity contribution < 1.29 is 33.4 Å². The van der Waals surface area contributed by atoms with Crippen LogP contribution >= 0.6 is 0 Å². The first kappa shape index (κ1) is 20.8. The summed E-state index contributed by atoms with van der Waals surface area (Å²) >= 11 is 0. The fraction of sp³-hybridized carbons (Fsp3) is 0.238. The number of nitrogens with one attached hydrogen (secondary N) is 1. The molecule has 0 radical (unpaired) electrons. The Morgan fingerprint density at radius 1 is 0.967 bits per heavy atom. The normalized spacial score (nSPS) is 13.5. The Kier molecular flexibility index (Phi) is 6.01. The van der Waals surface area contributed by atoms with E-state index in [0.29, 0.717) is 17.2 Å². The predicted molar refractivity (Wildman–Crippen MR) is 106 cm³/mol. The van der Waals surface area contributed by atoms with Crippen LogP contribution in [0.2, 0.25) is 0 Å². The van der Waals surface area contributed by atoms with Crippen LogP contribution in [0.15, 0.2) is 42.5 Å². The quantitative estimate of drug-likeness (QED) is 0.546. The highest BCUT2D eigenvalue weighted by molar-refractivity contribution is 6.22. The van der Waals surface area contributed by atoms with Gasteiger partial charge in [-0.05, 0) is 31.2 Å². The van der Waals surface area contributed by atoms with E-state index in [2.05, 4.69) is 5.32 Å². The maximum Gasteiger partial charge on any atom is 0.326 e. The number of fused-ring (bicyclic) bond motifs is 1. The number of benzene rings is 2. The van der Waals surface area contributed by atoms with Crippen LogP contribution in [0, 0.1) is 0 Å². The Morgan fingerprint density at radius 2 is 1.57 bits per heavy atom. The summed E-state index contributed by atoms with van der Waals surface area (Å²) in [5.41, 5.74) is 0.880. The fourth-order valence-electron chi connectivity index (χ4n) is 2.96. The smallest absolute Gasteiger partial charge is 0.326 e. The van der Waals surface area contributed by atoms with Crippen LogP contribution in [0.1, 0.15) is 27.6 Å². The van der Waals surface area contributed by atoms with Crippen LogP contribution in [0.3, 0.4) is 0 Å². The van der Waals surface area contributed by atoms with Crippen molar-refractivity contribution in [3.63, 3.8) is 0 Å². The van der Waals surface area contributed by atoms with Crippen LogP contribution in [-0.4, -0.2) is 55.5 Å². The number of rotatable bonds is 7. The SMILES string of the molecule is COc1ccc(NC(=O)C(C)OC(=O)CN2C(=O)c3ccccc3C2=O)cc1OC. The van der Waals surface area contributed by atoms with Gasteiger partial charge >= 0.3 is 5.97 Å². The summed E-state index contributed by atoms with van der Waals surface area (Å²) in [5, 5.41) is 2.60. The van der Waals surface area contributed by atoms with Gasteiger partial charge in [-0.15, -0.1) is 0 Å². The number of hydrogen-bond donors (Lipinski definition) is 1. The van der Waals surface area contributed by atoms with Gasteiger partial charge in [0.25, 0.3) is 17.7 Å². The highest BCUT2D eigenvalue weighted by Crippen LogP contribution is 2.29. The van der Waals surface area contributed by atoms with E-state index in [4.69, 9.17) is 14.2 Å². The van der Waals surface area contributed by atoms with Crippen molar-refractivity contribution in [3.8, 4) is 11.5 Å². The van der Waals surface area contributed by atoms with Gasteiger partial charge < -0.3 is 19.5 Å². The predicted octanol–water partition coefficient (Wildman–Crippen LogP) is 1.87. The molecule has 9 heteroatoms. The maximum absolute atomic E-state index is 12.3. The number of methoxy groups -OCH3 is 2. The fourth-order valence-corrected chi connectivity index (χ4v) is 2.96. The van der Waals surface area contributed by atoms with Gasteiger partial charge in [-0.1, -0.05) is 12.1 Å². The van der Waals surface area contributed by atoms with E-state index in [-0.39, 0.29) is 11.1 Å². The summed E-state index contributed by atoms with van der Waals surface area (Å²) in [6.07, 6.45) is -1.15. The zero-order valence-corrected chi connectivity index (χ0v) is 16.6. The molecule has 30 heavy (non-hydrogen) atoms. The molecular weight excluding hydrogens is 392 g/mol. The molecule has 3 amide bonds. The van der Waals surface area contributed by atoms with Gasteiger partial charge in [0.05, 0.1) is 25.3 Å². The van der Waals surface area contributed by atoms with E-state index in [1.54, 1.807) is 30.3 Å². The number of carbonyl (C=O) groups excluding carboxylic acids is 4. The Morgan fingerprint density at radius 3 is 2.13 bits per heavy atom. The molecule has 1 heterocycles. The van der Waals surface area contributed by atoms with Crippen molar-refractivity contribution in [2.24, 2.45) is 0 Å². The van der Waals surface area contributed by atoms with Crippen LogP contribution in [0.5, 0.6) is 11.5 Å². The molecule has 0 fully saturated rings. The van der Waals surface area contributed by atoms with E-state index in [1.807, 2.05) is 0 Å². The molecule has 0 aliphatic carbocycles. The molecule has 0 bridgehead atoms. The van der Waals surface area contributed by atoms with Crippen LogP contribution < -0.4 is 14.8 Å². The van der Waals surface area contributed by atoms with Gasteiger partial charge in [0, 0.05) is 11.8 Å². The second-order valence-electron chi connectivity index (χ2n) is 6.43. The summed E-state index contributed by atoms with van der Waals surface area (Å²) in [7, 11) is 2.96. The minimum atomic E-state index is -1.15. The number of nitrogens with zero attached hydrogens (tertiary/aromatic N) is 1. The van der Waals surface area contributed by atoms with Crippen molar-refractivity contribution in [2.75, 3.05) is 26.1 Å². The summed E-state index contributed by atoms with van der Waals surface area (Å²) in [6.45, 7) is 0.802. The molecule has 0 saturated carbocycles. The van der Waals surface area contributed by atoms with E-state index in [0.717, 1.165) is 4.90 Å².